The number of fused-ring (bicyclic) bond motifs is 1. The van der Waals surface area contributed by atoms with Gasteiger partial charge in [0.05, 0.1) is 17.6 Å². The summed E-state index contributed by atoms with van der Waals surface area (Å²) in [6, 6.07) is 10.9. The highest BCUT2D eigenvalue weighted by molar-refractivity contribution is 6.07. The molecule has 0 atom stereocenters. The van der Waals surface area contributed by atoms with Crippen LogP contribution >= 0.6 is 0 Å². The molecule has 1 aromatic carbocycles. The predicted octanol–water partition coefficient (Wildman–Crippen LogP) is 2.69. The van der Waals surface area contributed by atoms with E-state index in [0.29, 0.717) is 17.0 Å². The van der Waals surface area contributed by atoms with Gasteiger partial charge in [-0.15, -0.1) is 0 Å². The first-order valence-electron chi connectivity index (χ1n) is 6.13. The van der Waals surface area contributed by atoms with Gasteiger partial charge in [-0.25, -0.2) is 0 Å². The molecule has 0 fully saturated rings. The van der Waals surface area contributed by atoms with Crippen molar-refractivity contribution in [1.82, 2.24) is 4.98 Å². The number of anilines is 2. The number of nitrogens with zero attached hydrogens (tertiary/aromatic N) is 2. The van der Waals surface area contributed by atoms with E-state index in [1.807, 2.05) is 24.3 Å². The lowest BCUT2D eigenvalue weighted by Gasteiger charge is -2.17. The molecule has 100 valence electrons. The molecule has 3 aromatic rings. The third kappa shape index (κ3) is 1.99. The molecule has 0 aliphatic carbocycles. The average molecular weight is 267 g/mol. The number of para-hydroxylation sites is 1. The van der Waals surface area contributed by atoms with E-state index in [1.54, 1.807) is 25.4 Å². The molecule has 0 spiro atoms. The van der Waals surface area contributed by atoms with Gasteiger partial charge in [-0.3, -0.25) is 9.78 Å². The highest BCUT2D eigenvalue weighted by Crippen LogP contribution is 2.24. The van der Waals surface area contributed by atoms with Gasteiger partial charge < -0.3 is 15.1 Å². The summed E-state index contributed by atoms with van der Waals surface area (Å²) in [7, 11) is 1.65. The number of hydrogen-bond acceptors (Lipinski definition) is 4. The first kappa shape index (κ1) is 12.2. The van der Waals surface area contributed by atoms with Crippen molar-refractivity contribution >= 4 is 28.3 Å². The Morgan fingerprint density at radius 1 is 1.30 bits per heavy atom. The molecule has 0 radical (unpaired) electrons. The van der Waals surface area contributed by atoms with Crippen LogP contribution in [0.1, 0.15) is 10.6 Å². The lowest BCUT2D eigenvalue weighted by atomic mass is 10.2. The van der Waals surface area contributed by atoms with Gasteiger partial charge in [0.25, 0.3) is 5.91 Å². The van der Waals surface area contributed by atoms with E-state index in [1.165, 1.54) is 11.1 Å². The fraction of sp³-hybridized carbons (Fsp3) is 0.0667. The SMILES string of the molecule is CN(C(=O)c1cc2ccccc2o1)c1ccncc1N. The first-order valence-corrected chi connectivity index (χ1v) is 6.13. The van der Waals surface area contributed by atoms with Crippen LogP contribution in [-0.2, 0) is 0 Å². The van der Waals surface area contributed by atoms with Crippen LogP contribution in [0, 0.1) is 0 Å². The van der Waals surface area contributed by atoms with Crippen molar-refractivity contribution < 1.29 is 9.21 Å². The van der Waals surface area contributed by atoms with Crippen molar-refractivity contribution in [3.05, 3.63) is 54.6 Å². The predicted molar refractivity (Wildman–Crippen MR) is 77.6 cm³/mol. The number of furan rings is 1. The van der Waals surface area contributed by atoms with Gasteiger partial charge in [-0.1, -0.05) is 18.2 Å². The van der Waals surface area contributed by atoms with Crippen LogP contribution < -0.4 is 10.6 Å². The highest BCUT2D eigenvalue weighted by Gasteiger charge is 2.19. The molecule has 0 bridgehead atoms. The van der Waals surface area contributed by atoms with E-state index < -0.39 is 0 Å². The zero-order valence-electron chi connectivity index (χ0n) is 10.9. The first-order chi connectivity index (χ1) is 9.66. The van der Waals surface area contributed by atoms with E-state index in [0.717, 1.165) is 5.39 Å². The molecule has 0 saturated heterocycles. The Hall–Kier alpha value is -2.82. The number of nitrogens with two attached hydrogens (primary N) is 1. The number of hydrogen-bond donors (Lipinski definition) is 1. The minimum absolute atomic E-state index is 0.251. The highest BCUT2D eigenvalue weighted by atomic mass is 16.3. The second-order valence-corrected chi connectivity index (χ2v) is 4.45. The van der Waals surface area contributed by atoms with Crippen LogP contribution in [-0.4, -0.2) is 17.9 Å². The van der Waals surface area contributed by atoms with Gasteiger partial charge in [0, 0.05) is 18.6 Å². The number of rotatable bonds is 2. The zero-order valence-corrected chi connectivity index (χ0v) is 10.9. The molecule has 2 heterocycles. The van der Waals surface area contributed by atoms with Gasteiger partial charge in [-0.2, -0.15) is 0 Å². The Labute approximate surface area is 115 Å². The van der Waals surface area contributed by atoms with Gasteiger partial charge in [0.2, 0.25) is 0 Å². The summed E-state index contributed by atoms with van der Waals surface area (Å²) in [5, 5.41) is 0.895. The third-order valence-electron chi connectivity index (χ3n) is 3.13. The van der Waals surface area contributed by atoms with E-state index in [9.17, 15) is 4.79 Å². The van der Waals surface area contributed by atoms with E-state index in [4.69, 9.17) is 10.2 Å². The fourth-order valence-corrected chi connectivity index (χ4v) is 2.07. The summed E-state index contributed by atoms with van der Waals surface area (Å²) in [5.41, 5.74) is 7.56. The van der Waals surface area contributed by atoms with Crippen LogP contribution in [0.25, 0.3) is 11.0 Å². The summed E-state index contributed by atoms with van der Waals surface area (Å²) in [6.45, 7) is 0. The molecule has 5 nitrogen and oxygen atoms in total. The summed E-state index contributed by atoms with van der Waals surface area (Å²) in [6.07, 6.45) is 3.10. The Bertz CT molecular complexity index is 746. The maximum atomic E-state index is 12.4. The summed E-state index contributed by atoms with van der Waals surface area (Å²) in [4.78, 5) is 17.8. The molecule has 2 aromatic heterocycles. The quantitative estimate of drug-likeness (QED) is 0.774. The maximum Gasteiger partial charge on any atom is 0.293 e. The zero-order chi connectivity index (χ0) is 14.1. The second kappa shape index (κ2) is 4.70. The molecule has 3 rings (SSSR count). The smallest absolute Gasteiger partial charge is 0.293 e. The molecule has 2 N–H and O–H groups in total. The van der Waals surface area contributed by atoms with Crippen molar-refractivity contribution in [1.29, 1.82) is 0 Å². The normalized spacial score (nSPS) is 10.7. The van der Waals surface area contributed by atoms with Crippen molar-refractivity contribution in [2.75, 3.05) is 17.7 Å². The van der Waals surface area contributed by atoms with Crippen LogP contribution in [0.15, 0.2) is 53.2 Å². The van der Waals surface area contributed by atoms with E-state index >= 15 is 0 Å². The van der Waals surface area contributed by atoms with E-state index in [2.05, 4.69) is 4.98 Å². The molecule has 1 amide bonds. The van der Waals surface area contributed by atoms with Gasteiger partial charge in [0.15, 0.2) is 5.76 Å². The van der Waals surface area contributed by atoms with Crippen LogP contribution in [0.3, 0.4) is 0 Å². The fourth-order valence-electron chi connectivity index (χ4n) is 2.07. The average Bonchev–Trinajstić information content (AvgIpc) is 2.90. The summed E-state index contributed by atoms with van der Waals surface area (Å²) >= 11 is 0. The number of nitrogen functional groups attached to an aromatic ring is 1. The number of aromatic nitrogens is 1. The van der Waals surface area contributed by atoms with Gasteiger partial charge in [0.1, 0.15) is 5.58 Å². The molecular weight excluding hydrogens is 254 g/mol. The Morgan fingerprint density at radius 3 is 2.85 bits per heavy atom. The molecular formula is C15H13N3O2. The van der Waals surface area contributed by atoms with Gasteiger partial charge >= 0.3 is 0 Å². The molecule has 0 aliphatic rings. The van der Waals surface area contributed by atoms with Crippen LogP contribution in [0.5, 0.6) is 0 Å². The summed E-state index contributed by atoms with van der Waals surface area (Å²) in [5.74, 6) is 0.0315. The summed E-state index contributed by atoms with van der Waals surface area (Å²) < 4.78 is 5.56. The molecule has 0 unspecified atom stereocenters. The Morgan fingerprint density at radius 2 is 2.10 bits per heavy atom. The molecule has 0 aliphatic heterocycles. The van der Waals surface area contributed by atoms with Crippen molar-refractivity contribution in [2.45, 2.75) is 0 Å². The lowest BCUT2D eigenvalue weighted by Crippen LogP contribution is -2.26. The molecule has 20 heavy (non-hydrogen) atoms. The number of amides is 1. The number of benzene rings is 1. The van der Waals surface area contributed by atoms with Crippen molar-refractivity contribution in [3.63, 3.8) is 0 Å². The Kier molecular flexibility index (Phi) is 2.87. The van der Waals surface area contributed by atoms with Crippen LogP contribution in [0.2, 0.25) is 0 Å². The standard InChI is InChI=1S/C15H13N3O2/c1-18(12-6-7-17-9-11(12)16)15(19)14-8-10-4-2-3-5-13(10)20-14/h2-9H,16H2,1H3. The third-order valence-corrected chi connectivity index (χ3v) is 3.13. The maximum absolute atomic E-state index is 12.4. The Balaban J connectivity index is 1.98. The van der Waals surface area contributed by atoms with Gasteiger partial charge in [-0.05, 0) is 18.2 Å². The largest absolute Gasteiger partial charge is 0.451 e. The number of pyridine rings is 1. The lowest BCUT2D eigenvalue weighted by molar-refractivity contribution is 0.0968. The second-order valence-electron chi connectivity index (χ2n) is 4.45. The molecule has 5 heteroatoms. The van der Waals surface area contributed by atoms with Crippen molar-refractivity contribution in [2.24, 2.45) is 0 Å². The minimum atomic E-state index is -0.251. The monoisotopic (exact) mass is 267 g/mol. The topological polar surface area (TPSA) is 72.4 Å². The molecule has 0 saturated carbocycles. The van der Waals surface area contributed by atoms with Crippen molar-refractivity contribution in [3.8, 4) is 0 Å². The number of carbonyl (C=O) groups excluding carboxylic acids is 1. The number of carbonyl (C=O) groups is 1. The van der Waals surface area contributed by atoms with E-state index in [-0.39, 0.29) is 11.7 Å². The minimum Gasteiger partial charge on any atom is -0.451 e. The van der Waals surface area contributed by atoms with Crippen LogP contribution in [0.4, 0.5) is 11.4 Å².